The maximum absolute atomic E-state index is 12.6. The van der Waals surface area contributed by atoms with E-state index >= 15 is 0 Å². The molecule has 0 radical (unpaired) electrons. The number of nitrogens with one attached hydrogen (secondary N) is 1. The molecule has 3 atom stereocenters. The first-order chi connectivity index (χ1) is 10.5. The number of likely N-dealkylation sites (tertiary alicyclic amines) is 1. The molecule has 1 N–H and O–H groups in total. The molecule has 2 saturated heterocycles. The fourth-order valence-electron chi connectivity index (χ4n) is 3.20. The summed E-state index contributed by atoms with van der Waals surface area (Å²) in [6.45, 7) is 3.34. The van der Waals surface area contributed by atoms with E-state index < -0.39 is 6.10 Å². The highest BCUT2D eigenvalue weighted by molar-refractivity contribution is 6.42. The molecule has 1 amide bonds. The topological polar surface area (TPSA) is 41.6 Å². The zero-order chi connectivity index (χ0) is 15.7. The normalized spacial score (nSPS) is 25.7. The first kappa shape index (κ1) is 15.9. The number of halogens is 2. The van der Waals surface area contributed by atoms with E-state index in [0.29, 0.717) is 27.9 Å². The number of ether oxygens (including phenoxy) is 1. The van der Waals surface area contributed by atoms with Crippen molar-refractivity contribution in [3.63, 3.8) is 0 Å². The van der Waals surface area contributed by atoms with Crippen molar-refractivity contribution < 1.29 is 9.53 Å². The summed E-state index contributed by atoms with van der Waals surface area (Å²) in [5.74, 6) is 0.588. The lowest BCUT2D eigenvalue weighted by atomic mass is 10.1. The van der Waals surface area contributed by atoms with Gasteiger partial charge in [-0.1, -0.05) is 23.2 Å². The third-order valence-electron chi connectivity index (χ3n) is 4.39. The number of rotatable bonds is 3. The number of nitrogens with zero attached hydrogens (tertiary/aromatic N) is 1. The van der Waals surface area contributed by atoms with Crippen molar-refractivity contribution in [3.05, 3.63) is 28.2 Å². The number of fused-ring (bicyclic) bond motifs is 2. The molecule has 4 nitrogen and oxygen atoms in total. The molecule has 3 rings (SSSR count). The summed E-state index contributed by atoms with van der Waals surface area (Å²) in [4.78, 5) is 14.5. The van der Waals surface area contributed by atoms with Gasteiger partial charge in [0.1, 0.15) is 5.75 Å². The standard InChI is InChI=1S/C16H20Cl2N2O2/c1-10(22-13-4-5-14(17)15(18)8-13)16(21)20-7-6-11-2-3-12(9-20)19-11/h4-5,8,10-12,19H,2-3,6-7,9H2,1H3. The van der Waals surface area contributed by atoms with E-state index in [-0.39, 0.29) is 5.91 Å². The van der Waals surface area contributed by atoms with Crippen LogP contribution in [-0.4, -0.2) is 42.1 Å². The van der Waals surface area contributed by atoms with Gasteiger partial charge in [0.15, 0.2) is 6.10 Å². The fourth-order valence-corrected chi connectivity index (χ4v) is 3.49. The van der Waals surface area contributed by atoms with Crippen LogP contribution in [0, 0.1) is 0 Å². The second kappa shape index (κ2) is 6.65. The Balaban J connectivity index is 1.62. The summed E-state index contributed by atoms with van der Waals surface area (Å²) in [6.07, 6.45) is 2.86. The average molecular weight is 343 g/mol. The van der Waals surface area contributed by atoms with Crippen LogP contribution in [0.3, 0.4) is 0 Å². The minimum atomic E-state index is -0.533. The van der Waals surface area contributed by atoms with E-state index in [0.717, 1.165) is 25.9 Å². The zero-order valence-electron chi connectivity index (χ0n) is 12.5. The molecular formula is C16H20Cl2N2O2. The van der Waals surface area contributed by atoms with Gasteiger partial charge in [-0.05, 0) is 38.3 Å². The highest BCUT2D eigenvalue weighted by Crippen LogP contribution is 2.27. The summed E-state index contributed by atoms with van der Waals surface area (Å²) in [5, 5.41) is 4.47. The van der Waals surface area contributed by atoms with Gasteiger partial charge < -0.3 is 15.0 Å². The van der Waals surface area contributed by atoms with Crippen LogP contribution in [0.25, 0.3) is 0 Å². The smallest absolute Gasteiger partial charge is 0.263 e. The van der Waals surface area contributed by atoms with Gasteiger partial charge in [-0.25, -0.2) is 0 Å². The largest absolute Gasteiger partial charge is 0.481 e. The molecule has 6 heteroatoms. The molecule has 0 spiro atoms. The molecular weight excluding hydrogens is 323 g/mol. The molecule has 2 aliphatic rings. The van der Waals surface area contributed by atoms with Gasteiger partial charge in [-0.2, -0.15) is 0 Å². The van der Waals surface area contributed by atoms with Crippen molar-refractivity contribution >= 4 is 29.1 Å². The van der Waals surface area contributed by atoms with E-state index in [1.807, 2.05) is 4.90 Å². The van der Waals surface area contributed by atoms with Gasteiger partial charge in [-0.3, -0.25) is 4.79 Å². The lowest BCUT2D eigenvalue weighted by Gasteiger charge is -2.27. The maximum Gasteiger partial charge on any atom is 0.263 e. The molecule has 1 aromatic rings. The van der Waals surface area contributed by atoms with E-state index in [2.05, 4.69) is 5.32 Å². The van der Waals surface area contributed by atoms with Crippen molar-refractivity contribution in [2.75, 3.05) is 13.1 Å². The third-order valence-corrected chi connectivity index (χ3v) is 5.13. The Bertz CT molecular complexity index is 567. The summed E-state index contributed by atoms with van der Waals surface area (Å²) < 4.78 is 5.73. The van der Waals surface area contributed by atoms with E-state index in [4.69, 9.17) is 27.9 Å². The highest BCUT2D eigenvalue weighted by Gasteiger charge is 2.33. The Kier molecular flexibility index (Phi) is 4.81. The van der Waals surface area contributed by atoms with Gasteiger partial charge >= 0.3 is 0 Å². The molecule has 0 aliphatic carbocycles. The predicted molar refractivity (Wildman–Crippen MR) is 87.7 cm³/mol. The fraction of sp³-hybridized carbons (Fsp3) is 0.562. The number of hydrogen-bond acceptors (Lipinski definition) is 3. The zero-order valence-corrected chi connectivity index (χ0v) is 14.0. The monoisotopic (exact) mass is 342 g/mol. The molecule has 0 aromatic heterocycles. The van der Waals surface area contributed by atoms with Crippen LogP contribution < -0.4 is 10.1 Å². The molecule has 2 fully saturated rings. The highest BCUT2D eigenvalue weighted by atomic mass is 35.5. The Morgan fingerprint density at radius 3 is 2.82 bits per heavy atom. The summed E-state index contributed by atoms with van der Waals surface area (Å²) in [5.41, 5.74) is 0. The van der Waals surface area contributed by atoms with Gasteiger partial charge in [-0.15, -0.1) is 0 Å². The van der Waals surface area contributed by atoms with E-state index in [1.54, 1.807) is 25.1 Å². The van der Waals surface area contributed by atoms with Crippen LogP contribution in [-0.2, 0) is 4.79 Å². The SMILES string of the molecule is CC(Oc1ccc(Cl)c(Cl)c1)C(=O)N1CCC2CCC(C1)N2. The average Bonchev–Trinajstić information content (AvgIpc) is 2.81. The van der Waals surface area contributed by atoms with Crippen LogP contribution >= 0.6 is 23.2 Å². The number of hydrogen-bond donors (Lipinski definition) is 1. The lowest BCUT2D eigenvalue weighted by molar-refractivity contribution is -0.138. The summed E-state index contributed by atoms with van der Waals surface area (Å²) >= 11 is 11.9. The number of amides is 1. The van der Waals surface area contributed by atoms with Crippen LogP contribution in [0.5, 0.6) is 5.75 Å². The minimum absolute atomic E-state index is 0.0282. The number of carbonyl (C=O) groups excluding carboxylic acids is 1. The predicted octanol–water partition coefficient (Wildman–Crippen LogP) is 3.11. The van der Waals surface area contributed by atoms with Crippen LogP contribution in [0.2, 0.25) is 10.0 Å². The minimum Gasteiger partial charge on any atom is -0.481 e. The van der Waals surface area contributed by atoms with Gasteiger partial charge in [0, 0.05) is 31.2 Å². The van der Waals surface area contributed by atoms with Crippen molar-refractivity contribution in [2.45, 2.75) is 44.4 Å². The Morgan fingerprint density at radius 1 is 1.27 bits per heavy atom. The Labute approximate surface area is 140 Å². The number of benzene rings is 1. The Hall–Kier alpha value is -0.970. The number of carbonyl (C=O) groups is 1. The first-order valence-electron chi connectivity index (χ1n) is 7.69. The van der Waals surface area contributed by atoms with Crippen LogP contribution in [0.1, 0.15) is 26.2 Å². The summed E-state index contributed by atoms with van der Waals surface area (Å²) in [6, 6.07) is 6.03. The molecule has 120 valence electrons. The molecule has 0 saturated carbocycles. The maximum atomic E-state index is 12.6. The molecule has 3 unspecified atom stereocenters. The second-order valence-corrected chi connectivity index (χ2v) is 6.86. The molecule has 22 heavy (non-hydrogen) atoms. The second-order valence-electron chi connectivity index (χ2n) is 6.05. The van der Waals surface area contributed by atoms with Crippen molar-refractivity contribution in [1.82, 2.24) is 10.2 Å². The van der Waals surface area contributed by atoms with Gasteiger partial charge in [0.25, 0.3) is 5.91 Å². The van der Waals surface area contributed by atoms with Gasteiger partial charge in [0.2, 0.25) is 0 Å². The quantitative estimate of drug-likeness (QED) is 0.917. The van der Waals surface area contributed by atoms with Gasteiger partial charge in [0.05, 0.1) is 10.0 Å². The van der Waals surface area contributed by atoms with Crippen LogP contribution in [0.15, 0.2) is 18.2 Å². The van der Waals surface area contributed by atoms with Crippen LogP contribution in [0.4, 0.5) is 0 Å². The van der Waals surface area contributed by atoms with E-state index in [1.165, 1.54) is 6.42 Å². The van der Waals surface area contributed by atoms with E-state index in [9.17, 15) is 4.79 Å². The molecule has 2 heterocycles. The Morgan fingerprint density at radius 2 is 2.05 bits per heavy atom. The first-order valence-corrected chi connectivity index (χ1v) is 8.45. The third kappa shape index (κ3) is 3.50. The lowest BCUT2D eigenvalue weighted by Crippen LogP contribution is -2.44. The van der Waals surface area contributed by atoms with Crippen molar-refractivity contribution in [2.24, 2.45) is 0 Å². The van der Waals surface area contributed by atoms with Crippen molar-refractivity contribution in [1.29, 1.82) is 0 Å². The molecule has 2 bridgehead atoms. The molecule has 1 aromatic carbocycles. The molecule has 2 aliphatic heterocycles. The summed E-state index contributed by atoms with van der Waals surface area (Å²) in [7, 11) is 0. The van der Waals surface area contributed by atoms with Crippen molar-refractivity contribution in [3.8, 4) is 5.75 Å².